The molecule has 0 saturated heterocycles. The zero-order valence-corrected chi connectivity index (χ0v) is 12.8. The fourth-order valence-corrected chi connectivity index (χ4v) is 1.96. The van der Waals surface area contributed by atoms with Gasteiger partial charge in [0.05, 0.1) is 19.6 Å². The molecule has 0 heterocycles. The minimum absolute atomic E-state index is 0.119. The number of anilines is 1. The second-order valence-electron chi connectivity index (χ2n) is 4.53. The lowest BCUT2D eigenvalue weighted by atomic mass is 10.2. The predicted octanol–water partition coefficient (Wildman–Crippen LogP) is 1.98. The topological polar surface area (TPSA) is 78.9 Å². The van der Waals surface area contributed by atoms with Crippen molar-refractivity contribution in [3.05, 3.63) is 29.3 Å². The third kappa shape index (κ3) is 5.61. The number of methoxy groups -OCH3 is 1. The highest BCUT2D eigenvalue weighted by Gasteiger charge is 2.21. The van der Waals surface area contributed by atoms with E-state index in [2.05, 4.69) is 10.1 Å². The number of aliphatic hydroxyl groups is 1. The first-order valence-electron chi connectivity index (χ1n) is 6.48. The second-order valence-corrected chi connectivity index (χ2v) is 4.97. The molecule has 1 unspecified atom stereocenters. The van der Waals surface area contributed by atoms with Gasteiger partial charge in [-0.05, 0) is 18.2 Å². The molecule has 6 nitrogen and oxygen atoms in total. The van der Waals surface area contributed by atoms with Crippen LogP contribution in [-0.4, -0.2) is 48.8 Å². The van der Waals surface area contributed by atoms with E-state index < -0.39 is 17.9 Å². The van der Waals surface area contributed by atoms with Gasteiger partial charge >= 0.3 is 12.0 Å². The third-order valence-electron chi connectivity index (χ3n) is 2.83. The molecule has 1 aromatic rings. The lowest BCUT2D eigenvalue weighted by Crippen LogP contribution is -2.41. The van der Waals surface area contributed by atoms with Crippen LogP contribution in [0.2, 0.25) is 5.02 Å². The highest BCUT2D eigenvalue weighted by Crippen LogP contribution is 2.15. The molecule has 1 atom stereocenters. The van der Waals surface area contributed by atoms with Crippen molar-refractivity contribution in [2.75, 3.05) is 32.1 Å². The lowest BCUT2D eigenvalue weighted by Gasteiger charge is -2.24. The Hall–Kier alpha value is -1.79. The van der Waals surface area contributed by atoms with Gasteiger partial charge in [-0.25, -0.2) is 4.79 Å². The number of nitrogens with one attached hydrogen (secondary N) is 1. The molecule has 0 fully saturated rings. The first-order valence-corrected chi connectivity index (χ1v) is 6.86. The number of carbonyl (C=O) groups is 2. The van der Waals surface area contributed by atoms with Crippen molar-refractivity contribution in [2.45, 2.75) is 6.92 Å². The number of nitrogens with zero attached hydrogens (tertiary/aromatic N) is 1. The van der Waals surface area contributed by atoms with Gasteiger partial charge in [-0.1, -0.05) is 24.6 Å². The van der Waals surface area contributed by atoms with Gasteiger partial charge in [0.2, 0.25) is 0 Å². The standard InChI is InChI=1S/C14H19ClN2O4/c1-10(13(19)21-2)9-17(6-7-18)14(20)16-12-5-3-4-11(15)8-12/h3-5,8,10,18H,6-7,9H2,1-2H3,(H,16,20). The molecule has 0 aliphatic rings. The number of rotatable bonds is 6. The molecule has 0 bridgehead atoms. The molecule has 2 N–H and O–H groups in total. The van der Waals surface area contributed by atoms with Crippen LogP contribution in [0.25, 0.3) is 0 Å². The van der Waals surface area contributed by atoms with Crippen molar-refractivity contribution < 1.29 is 19.4 Å². The van der Waals surface area contributed by atoms with Crippen molar-refractivity contribution in [3.8, 4) is 0 Å². The Bertz CT molecular complexity index is 496. The number of hydrogen-bond donors (Lipinski definition) is 2. The normalized spacial score (nSPS) is 11.6. The summed E-state index contributed by atoms with van der Waals surface area (Å²) < 4.78 is 4.63. The van der Waals surface area contributed by atoms with Gasteiger partial charge in [0, 0.05) is 23.8 Å². The van der Waals surface area contributed by atoms with E-state index >= 15 is 0 Å². The summed E-state index contributed by atoms with van der Waals surface area (Å²) in [6.45, 7) is 1.73. The molecule has 0 spiro atoms. The minimum atomic E-state index is -0.480. The highest BCUT2D eigenvalue weighted by molar-refractivity contribution is 6.30. The maximum absolute atomic E-state index is 12.2. The van der Waals surface area contributed by atoms with Gasteiger partial charge in [-0.15, -0.1) is 0 Å². The largest absolute Gasteiger partial charge is 0.469 e. The summed E-state index contributed by atoms with van der Waals surface area (Å²) in [7, 11) is 1.29. The van der Waals surface area contributed by atoms with Crippen LogP contribution in [0.3, 0.4) is 0 Å². The summed E-state index contributed by atoms with van der Waals surface area (Å²) in [6, 6.07) is 6.31. The number of carbonyl (C=O) groups excluding carboxylic acids is 2. The number of aliphatic hydroxyl groups excluding tert-OH is 1. The second kappa shape index (κ2) is 8.49. The summed E-state index contributed by atoms with van der Waals surface area (Å²) in [5.41, 5.74) is 0.543. The van der Waals surface area contributed by atoms with E-state index in [9.17, 15) is 9.59 Å². The predicted molar refractivity (Wildman–Crippen MR) is 80.3 cm³/mol. The monoisotopic (exact) mass is 314 g/mol. The summed E-state index contributed by atoms with van der Waals surface area (Å²) in [5, 5.41) is 12.2. The number of esters is 1. The molecule has 1 rings (SSSR count). The van der Waals surface area contributed by atoms with Gasteiger partial charge in [0.25, 0.3) is 0 Å². The molecule has 0 radical (unpaired) electrons. The smallest absolute Gasteiger partial charge is 0.321 e. The Balaban J connectivity index is 2.71. The Labute approximate surface area is 128 Å². The summed E-state index contributed by atoms with van der Waals surface area (Å²) in [4.78, 5) is 24.9. The van der Waals surface area contributed by atoms with Crippen molar-refractivity contribution in [1.29, 1.82) is 0 Å². The number of benzene rings is 1. The number of hydrogen-bond acceptors (Lipinski definition) is 4. The van der Waals surface area contributed by atoms with Crippen molar-refractivity contribution in [1.82, 2.24) is 4.90 Å². The summed E-state index contributed by atoms with van der Waals surface area (Å²) in [6.07, 6.45) is 0. The molecule has 2 amide bonds. The van der Waals surface area contributed by atoms with Gasteiger partial charge in [-0.3, -0.25) is 4.79 Å². The van der Waals surface area contributed by atoms with Crippen LogP contribution >= 0.6 is 11.6 Å². The first-order chi connectivity index (χ1) is 9.97. The third-order valence-corrected chi connectivity index (χ3v) is 3.07. The molecule has 0 aromatic heterocycles. The molecule has 7 heteroatoms. The number of ether oxygens (including phenoxy) is 1. The Morgan fingerprint density at radius 1 is 1.48 bits per heavy atom. The van der Waals surface area contributed by atoms with E-state index in [0.717, 1.165) is 0 Å². The van der Waals surface area contributed by atoms with E-state index in [1.807, 2.05) is 0 Å². The lowest BCUT2D eigenvalue weighted by molar-refractivity contribution is -0.145. The zero-order chi connectivity index (χ0) is 15.8. The average molecular weight is 315 g/mol. The summed E-state index contributed by atoms with van der Waals surface area (Å²) in [5.74, 6) is -0.889. The first kappa shape index (κ1) is 17.3. The fourth-order valence-electron chi connectivity index (χ4n) is 1.77. The molecule has 0 aliphatic carbocycles. The maximum atomic E-state index is 12.2. The Kier molecular flexibility index (Phi) is 6.98. The van der Waals surface area contributed by atoms with Gasteiger partial charge in [-0.2, -0.15) is 0 Å². The Morgan fingerprint density at radius 2 is 2.19 bits per heavy atom. The number of amides is 2. The minimum Gasteiger partial charge on any atom is -0.469 e. The molecule has 116 valence electrons. The van der Waals surface area contributed by atoms with E-state index in [1.54, 1.807) is 31.2 Å². The number of halogens is 1. The van der Waals surface area contributed by atoms with Crippen LogP contribution in [0, 0.1) is 5.92 Å². The van der Waals surface area contributed by atoms with Crippen molar-refractivity contribution in [2.24, 2.45) is 5.92 Å². The molecule has 1 aromatic carbocycles. The fraction of sp³-hybridized carbons (Fsp3) is 0.429. The van der Waals surface area contributed by atoms with Crippen molar-refractivity contribution in [3.63, 3.8) is 0 Å². The average Bonchev–Trinajstić information content (AvgIpc) is 2.45. The molecule has 0 aliphatic heterocycles. The molecular weight excluding hydrogens is 296 g/mol. The van der Waals surface area contributed by atoms with Gasteiger partial charge in [0.1, 0.15) is 0 Å². The van der Waals surface area contributed by atoms with Crippen LogP contribution in [0.5, 0.6) is 0 Å². The zero-order valence-electron chi connectivity index (χ0n) is 12.0. The van der Waals surface area contributed by atoms with Gasteiger partial charge < -0.3 is 20.1 Å². The molecule has 21 heavy (non-hydrogen) atoms. The van der Waals surface area contributed by atoms with E-state index in [1.165, 1.54) is 12.0 Å². The van der Waals surface area contributed by atoms with E-state index in [0.29, 0.717) is 10.7 Å². The highest BCUT2D eigenvalue weighted by atomic mass is 35.5. The van der Waals surface area contributed by atoms with Crippen LogP contribution in [0.15, 0.2) is 24.3 Å². The van der Waals surface area contributed by atoms with Crippen LogP contribution < -0.4 is 5.32 Å². The van der Waals surface area contributed by atoms with Crippen LogP contribution in [0.1, 0.15) is 6.92 Å². The van der Waals surface area contributed by atoms with Gasteiger partial charge in [0.15, 0.2) is 0 Å². The SMILES string of the molecule is COC(=O)C(C)CN(CCO)C(=O)Nc1cccc(Cl)c1. The molecule has 0 saturated carbocycles. The van der Waals surface area contributed by atoms with Crippen LogP contribution in [0.4, 0.5) is 10.5 Å². The van der Waals surface area contributed by atoms with Crippen LogP contribution in [-0.2, 0) is 9.53 Å². The number of urea groups is 1. The van der Waals surface area contributed by atoms with E-state index in [4.69, 9.17) is 16.7 Å². The summed E-state index contributed by atoms with van der Waals surface area (Å²) >= 11 is 5.85. The van der Waals surface area contributed by atoms with E-state index in [-0.39, 0.29) is 19.7 Å². The quantitative estimate of drug-likeness (QED) is 0.787. The van der Waals surface area contributed by atoms with Crippen molar-refractivity contribution >= 4 is 29.3 Å². The molecular formula is C14H19ClN2O4. The maximum Gasteiger partial charge on any atom is 0.321 e. The Morgan fingerprint density at radius 3 is 2.76 bits per heavy atom.